The smallest absolute Gasteiger partial charge is 0.409 e. The fourth-order valence-corrected chi connectivity index (χ4v) is 1.16. The van der Waals surface area contributed by atoms with E-state index in [0.29, 0.717) is 11.3 Å². The molecular formula is C7H4ClF3OS. The second-order valence-corrected chi connectivity index (χ2v) is 2.84. The van der Waals surface area contributed by atoms with Crippen molar-refractivity contribution >= 4 is 21.9 Å². The van der Waals surface area contributed by atoms with Crippen molar-refractivity contribution in [3.63, 3.8) is 0 Å². The van der Waals surface area contributed by atoms with Gasteiger partial charge in [0.05, 0.1) is 5.56 Å². The quantitative estimate of drug-likeness (QED) is 0.711. The van der Waals surface area contributed by atoms with Crippen LogP contribution in [0.25, 0.3) is 0 Å². The van der Waals surface area contributed by atoms with Crippen LogP contribution in [0, 0.1) is 0 Å². The Balaban J connectivity index is 2.92. The van der Waals surface area contributed by atoms with Crippen LogP contribution in [0.4, 0.5) is 13.2 Å². The predicted octanol–water partition coefficient (Wildman–Crippen LogP) is 3.89. The Morgan fingerprint density at radius 3 is 2.54 bits per heavy atom. The summed E-state index contributed by atoms with van der Waals surface area (Å²) in [5, 5.41) is 0. The topological polar surface area (TPSA) is 9.23 Å². The molecule has 0 saturated carbocycles. The minimum Gasteiger partial charge on any atom is -0.409 e. The molecule has 0 bridgehead atoms. The molecule has 1 rings (SSSR count). The van der Waals surface area contributed by atoms with Gasteiger partial charge in [0, 0.05) is 10.7 Å². The molecule has 1 aromatic rings. The molecule has 0 spiro atoms. The highest BCUT2D eigenvalue weighted by Crippen LogP contribution is 2.32. The monoisotopic (exact) mass is 228 g/mol. The second-order valence-electron chi connectivity index (χ2n) is 2.17. The molecule has 13 heavy (non-hydrogen) atoms. The van der Waals surface area contributed by atoms with Crippen LogP contribution < -0.4 is 4.18 Å². The molecule has 0 amide bonds. The van der Waals surface area contributed by atoms with E-state index >= 15 is 0 Å². The van der Waals surface area contributed by atoms with Crippen molar-refractivity contribution in [1.29, 1.82) is 0 Å². The van der Waals surface area contributed by atoms with Crippen molar-refractivity contribution in [1.82, 2.24) is 0 Å². The molecular weight excluding hydrogens is 225 g/mol. The Morgan fingerprint density at radius 2 is 2.00 bits per heavy atom. The fourth-order valence-electron chi connectivity index (χ4n) is 0.761. The molecule has 0 heterocycles. The Kier molecular flexibility index (Phi) is 3.33. The minimum atomic E-state index is -4.35. The van der Waals surface area contributed by atoms with Crippen molar-refractivity contribution in [2.45, 2.75) is 6.18 Å². The maximum Gasteiger partial charge on any atom is 0.416 e. The van der Waals surface area contributed by atoms with Crippen LogP contribution in [-0.4, -0.2) is 0 Å². The number of alkyl halides is 3. The number of halogens is 4. The molecule has 0 aliphatic heterocycles. The van der Waals surface area contributed by atoms with Crippen LogP contribution in [0.15, 0.2) is 24.3 Å². The van der Waals surface area contributed by atoms with Gasteiger partial charge in [-0.1, -0.05) is 6.07 Å². The van der Waals surface area contributed by atoms with Gasteiger partial charge in [-0.25, -0.2) is 0 Å². The molecule has 0 fully saturated rings. The van der Waals surface area contributed by atoms with Gasteiger partial charge in [-0.15, -0.1) is 0 Å². The Morgan fingerprint density at radius 1 is 1.31 bits per heavy atom. The van der Waals surface area contributed by atoms with Crippen LogP contribution in [-0.2, 0) is 6.18 Å². The van der Waals surface area contributed by atoms with Gasteiger partial charge in [0.2, 0.25) is 0 Å². The van der Waals surface area contributed by atoms with Crippen molar-refractivity contribution in [2.75, 3.05) is 0 Å². The van der Waals surface area contributed by atoms with Crippen LogP contribution in [0.1, 0.15) is 5.56 Å². The van der Waals surface area contributed by atoms with E-state index in [0.717, 1.165) is 12.1 Å². The van der Waals surface area contributed by atoms with Crippen molar-refractivity contribution in [2.24, 2.45) is 0 Å². The number of rotatable bonds is 2. The maximum atomic E-state index is 12.1. The van der Waals surface area contributed by atoms with E-state index in [-0.39, 0.29) is 5.75 Å². The Bertz CT molecular complexity index is 289. The molecule has 72 valence electrons. The highest BCUT2D eigenvalue weighted by Gasteiger charge is 2.30. The van der Waals surface area contributed by atoms with Gasteiger partial charge in [-0.2, -0.15) is 13.2 Å². The molecule has 0 aromatic heterocycles. The van der Waals surface area contributed by atoms with E-state index in [1.165, 1.54) is 12.1 Å². The molecule has 0 saturated heterocycles. The van der Waals surface area contributed by atoms with Gasteiger partial charge in [0.25, 0.3) is 0 Å². The summed E-state index contributed by atoms with van der Waals surface area (Å²) in [5.74, 6) is 0.0785. The van der Waals surface area contributed by atoms with Crippen molar-refractivity contribution in [3.05, 3.63) is 29.8 Å². The highest BCUT2D eigenvalue weighted by atomic mass is 35.7. The second kappa shape index (κ2) is 4.11. The number of hydrogen-bond donors (Lipinski definition) is 0. The summed E-state index contributed by atoms with van der Waals surface area (Å²) in [6.07, 6.45) is -4.35. The van der Waals surface area contributed by atoms with Crippen LogP contribution >= 0.6 is 21.9 Å². The summed E-state index contributed by atoms with van der Waals surface area (Å²) < 4.78 is 41.0. The third-order valence-electron chi connectivity index (χ3n) is 1.29. The Hall–Kier alpha value is -0.550. The molecule has 1 aromatic carbocycles. The number of benzene rings is 1. The van der Waals surface area contributed by atoms with Gasteiger partial charge in [0.1, 0.15) is 5.75 Å². The highest BCUT2D eigenvalue weighted by molar-refractivity contribution is 8.17. The molecule has 0 radical (unpaired) electrons. The van der Waals surface area contributed by atoms with Crippen LogP contribution in [0.5, 0.6) is 5.75 Å². The summed E-state index contributed by atoms with van der Waals surface area (Å²) in [4.78, 5) is 0. The fraction of sp³-hybridized carbons (Fsp3) is 0.143. The molecule has 6 heteroatoms. The first-order valence-corrected chi connectivity index (χ1v) is 4.73. The van der Waals surface area contributed by atoms with Crippen molar-refractivity contribution in [3.8, 4) is 5.75 Å². The zero-order valence-electron chi connectivity index (χ0n) is 6.14. The predicted molar refractivity (Wildman–Crippen MR) is 45.5 cm³/mol. The lowest BCUT2D eigenvalue weighted by molar-refractivity contribution is -0.137. The zero-order valence-corrected chi connectivity index (χ0v) is 7.71. The first kappa shape index (κ1) is 10.5. The van der Waals surface area contributed by atoms with E-state index in [2.05, 4.69) is 4.18 Å². The van der Waals surface area contributed by atoms with Gasteiger partial charge >= 0.3 is 6.18 Å². The minimum absolute atomic E-state index is 0.0785. The summed E-state index contributed by atoms with van der Waals surface area (Å²) >= 11 is 0.479. The molecule has 0 atom stereocenters. The standard InChI is InChI=1S/C7H4ClF3OS/c8-13-12-6-3-1-2-5(4-6)7(9,10)11/h1-4H. The average Bonchev–Trinajstić information content (AvgIpc) is 2.04. The molecule has 0 N–H and O–H groups in total. The lowest BCUT2D eigenvalue weighted by Crippen LogP contribution is -2.04. The summed E-state index contributed by atoms with van der Waals surface area (Å²) in [6.45, 7) is 0. The SMILES string of the molecule is FC(F)(F)c1cccc(OSCl)c1. The van der Waals surface area contributed by atoms with Crippen LogP contribution in [0.2, 0.25) is 0 Å². The third-order valence-corrected chi connectivity index (χ3v) is 1.73. The molecule has 0 aliphatic rings. The van der Waals surface area contributed by atoms with E-state index in [1.54, 1.807) is 0 Å². The van der Waals surface area contributed by atoms with Gasteiger partial charge in [0.15, 0.2) is 11.3 Å². The summed E-state index contributed by atoms with van der Waals surface area (Å²) in [7, 11) is 5.12. The molecule has 1 nitrogen and oxygen atoms in total. The van der Waals surface area contributed by atoms with E-state index < -0.39 is 11.7 Å². The van der Waals surface area contributed by atoms with E-state index in [1.807, 2.05) is 0 Å². The first-order valence-electron chi connectivity index (χ1n) is 3.16. The lowest BCUT2D eigenvalue weighted by atomic mass is 10.2. The maximum absolute atomic E-state index is 12.1. The molecule has 0 unspecified atom stereocenters. The van der Waals surface area contributed by atoms with Crippen molar-refractivity contribution < 1.29 is 17.4 Å². The normalized spacial score (nSPS) is 11.4. The first-order chi connectivity index (χ1) is 6.04. The van der Waals surface area contributed by atoms with E-state index in [4.69, 9.17) is 10.7 Å². The third kappa shape index (κ3) is 3.00. The van der Waals surface area contributed by atoms with Gasteiger partial charge in [-0.05, 0) is 18.2 Å². The van der Waals surface area contributed by atoms with Crippen LogP contribution in [0.3, 0.4) is 0 Å². The zero-order chi connectivity index (χ0) is 9.90. The summed E-state index contributed by atoms with van der Waals surface area (Å²) in [6, 6.07) is 4.50. The molecule has 0 aliphatic carbocycles. The van der Waals surface area contributed by atoms with E-state index in [9.17, 15) is 13.2 Å². The lowest BCUT2D eigenvalue weighted by Gasteiger charge is -2.07. The van der Waals surface area contributed by atoms with Gasteiger partial charge in [-0.3, -0.25) is 0 Å². The summed E-state index contributed by atoms with van der Waals surface area (Å²) in [5.41, 5.74) is -0.754. The Labute approximate surface area is 81.5 Å². The van der Waals surface area contributed by atoms with Gasteiger partial charge < -0.3 is 4.18 Å². The average molecular weight is 229 g/mol. The largest absolute Gasteiger partial charge is 0.416 e. The number of hydrogen-bond acceptors (Lipinski definition) is 2.